The predicted molar refractivity (Wildman–Crippen MR) is 86.6 cm³/mol. The molecule has 1 aliphatic heterocycles. The summed E-state index contributed by atoms with van der Waals surface area (Å²) in [5, 5.41) is 3.26. The number of nitrogens with zero attached hydrogens (tertiary/aromatic N) is 2. The standard InChI is InChI=1S/C17H30N2O/c1-6-14(2)11-16(13-17(4,5)18-20)12-15(3)19-9-7-8-10-19/h11-12,14H,6-10,13H2,1-5H3/b15-12+,16-11+. The number of likely N-dealkylation sites (tertiary alicyclic amines) is 1. The molecule has 0 aromatic rings. The van der Waals surface area contributed by atoms with Gasteiger partial charge >= 0.3 is 0 Å². The summed E-state index contributed by atoms with van der Waals surface area (Å²) in [4.78, 5) is 13.4. The first-order chi connectivity index (χ1) is 9.38. The zero-order chi connectivity index (χ0) is 15.2. The molecule has 1 saturated heterocycles. The predicted octanol–water partition coefficient (Wildman–Crippen LogP) is 4.89. The highest BCUT2D eigenvalue weighted by Gasteiger charge is 2.20. The number of hydrogen-bond acceptors (Lipinski definition) is 3. The maximum atomic E-state index is 11.0. The lowest BCUT2D eigenvalue weighted by atomic mass is 9.92. The third-order valence-corrected chi connectivity index (χ3v) is 4.03. The molecular weight excluding hydrogens is 248 g/mol. The molecule has 3 heteroatoms. The molecule has 0 aromatic heterocycles. The van der Waals surface area contributed by atoms with E-state index in [0.29, 0.717) is 12.3 Å². The largest absolute Gasteiger partial charge is 0.375 e. The number of hydrogen-bond donors (Lipinski definition) is 0. The van der Waals surface area contributed by atoms with Crippen molar-refractivity contribution in [2.45, 2.75) is 65.8 Å². The van der Waals surface area contributed by atoms with Crippen LogP contribution < -0.4 is 0 Å². The summed E-state index contributed by atoms with van der Waals surface area (Å²) in [6.07, 6.45) is 8.96. The van der Waals surface area contributed by atoms with Crippen molar-refractivity contribution < 1.29 is 0 Å². The highest BCUT2D eigenvalue weighted by molar-refractivity contribution is 5.25. The van der Waals surface area contributed by atoms with Crippen LogP contribution in [0.3, 0.4) is 0 Å². The Morgan fingerprint density at radius 3 is 2.45 bits per heavy atom. The quantitative estimate of drug-likeness (QED) is 0.490. The molecule has 20 heavy (non-hydrogen) atoms. The summed E-state index contributed by atoms with van der Waals surface area (Å²) in [6, 6.07) is 0. The van der Waals surface area contributed by atoms with Gasteiger partial charge in [-0.1, -0.05) is 31.5 Å². The first kappa shape index (κ1) is 16.9. The second-order valence-electron chi connectivity index (χ2n) is 6.69. The molecule has 1 atom stereocenters. The molecule has 0 radical (unpaired) electrons. The zero-order valence-electron chi connectivity index (χ0n) is 13.8. The van der Waals surface area contributed by atoms with E-state index in [-0.39, 0.29) is 0 Å². The summed E-state index contributed by atoms with van der Waals surface area (Å²) >= 11 is 0. The van der Waals surface area contributed by atoms with E-state index < -0.39 is 5.54 Å². The summed E-state index contributed by atoms with van der Waals surface area (Å²) in [7, 11) is 0. The van der Waals surface area contributed by atoms with Crippen LogP contribution in [0.15, 0.2) is 28.6 Å². The number of allylic oxidation sites excluding steroid dienone is 3. The smallest absolute Gasteiger partial charge is 0.101 e. The normalized spacial score (nSPS) is 19.4. The van der Waals surface area contributed by atoms with Crippen LogP contribution in [0.4, 0.5) is 0 Å². The topological polar surface area (TPSA) is 32.7 Å². The molecule has 1 unspecified atom stereocenters. The third-order valence-electron chi connectivity index (χ3n) is 4.03. The summed E-state index contributed by atoms with van der Waals surface area (Å²) in [5.74, 6) is 0.537. The lowest BCUT2D eigenvalue weighted by molar-refractivity contribution is 0.426. The van der Waals surface area contributed by atoms with Gasteiger partial charge in [0.05, 0.1) is 0 Å². The Kier molecular flexibility index (Phi) is 6.44. The van der Waals surface area contributed by atoms with E-state index in [0.717, 1.165) is 19.5 Å². The number of rotatable bonds is 7. The van der Waals surface area contributed by atoms with Gasteiger partial charge in [0.15, 0.2) is 0 Å². The number of nitroso groups, excluding NO2 is 1. The van der Waals surface area contributed by atoms with Crippen molar-refractivity contribution in [3.63, 3.8) is 0 Å². The highest BCUT2D eigenvalue weighted by atomic mass is 16.3. The minimum absolute atomic E-state index is 0.527. The summed E-state index contributed by atoms with van der Waals surface area (Å²) in [5.41, 5.74) is 2.04. The zero-order valence-corrected chi connectivity index (χ0v) is 13.8. The molecule has 0 N–H and O–H groups in total. The van der Waals surface area contributed by atoms with Crippen LogP contribution in [0.5, 0.6) is 0 Å². The average molecular weight is 278 g/mol. The van der Waals surface area contributed by atoms with E-state index >= 15 is 0 Å². The fourth-order valence-corrected chi connectivity index (χ4v) is 2.60. The van der Waals surface area contributed by atoms with Crippen molar-refractivity contribution in [1.29, 1.82) is 0 Å². The Bertz CT molecular complexity index is 376. The molecular formula is C17H30N2O. The van der Waals surface area contributed by atoms with Gasteiger partial charge in [-0.2, -0.15) is 4.91 Å². The van der Waals surface area contributed by atoms with Crippen molar-refractivity contribution in [3.8, 4) is 0 Å². The van der Waals surface area contributed by atoms with Gasteiger partial charge in [-0.25, -0.2) is 0 Å². The van der Waals surface area contributed by atoms with Crippen LogP contribution in [-0.2, 0) is 0 Å². The van der Waals surface area contributed by atoms with Crippen molar-refractivity contribution in [2.75, 3.05) is 13.1 Å². The maximum absolute atomic E-state index is 11.0. The molecule has 0 bridgehead atoms. The van der Waals surface area contributed by atoms with Crippen LogP contribution in [0.1, 0.15) is 60.3 Å². The lowest BCUT2D eigenvalue weighted by Crippen LogP contribution is -2.19. The Morgan fingerprint density at radius 1 is 1.35 bits per heavy atom. The highest BCUT2D eigenvalue weighted by Crippen LogP contribution is 2.25. The van der Waals surface area contributed by atoms with Crippen LogP contribution in [0.2, 0.25) is 0 Å². The molecule has 1 aliphatic rings. The van der Waals surface area contributed by atoms with E-state index in [9.17, 15) is 4.91 Å². The molecule has 3 nitrogen and oxygen atoms in total. The van der Waals surface area contributed by atoms with Gasteiger partial charge in [0, 0.05) is 25.2 Å². The minimum Gasteiger partial charge on any atom is -0.375 e. The van der Waals surface area contributed by atoms with Crippen molar-refractivity contribution in [1.82, 2.24) is 4.90 Å². The van der Waals surface area contributed by atoms with Gasteiger partial charge in [0.25, 0.3) is 0 Å². The minimum atomic E-state index is -0.527. The maximum Gasteiger partial charge on any atom is 0.101 e. The van der Waals surface area contributed by atoms with Crippen molar-refractivity contribution in [3.05, 3.63) is 28.3 Å². The van der Waals surface area contributed by atoms with Crippen LogP contribution in [0.25, 0.3) is 0 Å². The van der Waals surface area contributed by atoms with E-state index in [1.54, 1.807) is 0 Å². The molecule has 0 aliphatic carbocycles. The monoisotopic (exact) mass is 278 g/mol. The first-order valence-corrected chi connectivity index (χ1v) is 7.86. The second kappa shape index (κ2) is 7.61. The van der Waals surface area contributed by atoms with Crippen LogP contribution in [0, 0.1) is 10.8 Å². The molecule has 0 spiro atoms. The van der Waals surface area contributed by atoms with Gasteiger partial charge in [-0.05, 0) is 51.2 Å². The van der Waals surface area contributed by atoms with Gasteiger partial charge < -0.3 is 4.90 Å². The SMILES string of the molecule is CCC(C)/C=C(\C=C(/C)N1CCCC1)CC(C)(C)N=O. The molecule has 1 heterocycles. The fourth-order valence-electron chi connectivity index (χ4n) is 2.60. The molecule has 114 valence electrons. The molecule has 1 fully saturated rings. The van der Waals surface area contributed by atoms with Gasteiger partial charge in [-0.15, -0.1) is 0 Å². The van der Waals surface area contributed by atoms with Crippen molar-refractivity contribution in [2.24, 2.45) is 11.1 Å². The Morgan fingerprint density at radius 2 is 1.95 bits per heavy atom. The molecule has 1 rings (SSSR count). The van der Waals surface area contributed by atoms with Crippen molar-refractivity contribution >= 4 is 0 Å². The lowest BCUT2D eigenvalue weighted by Gasteiger charge is -2.21. The van der Waals surface area contributed by atoms with E-state index in [2.05, 4.69) is 43.0 Å². The van der Waals surface area contributed by atoms with Crippen LogP contribution in [-0.4, -0.2) is 23.5 Å². The first-order valence-electron chi connectivity index (χ1n) is 7.86. The third kappa shape index (κ3) is 5.48. The summed E-state index contributed by atoms with van der Waals surface area (Å²) < 4.78 is 0. The summed E-state index contributed by atoms with van der Waals surface area (Å²) in [6.45, 7) is 12.7. The van der Waals surface area contributed by atoms with E-state index in [1.807, 2.05) is 13.8 Å². The Labute approximate surface area is 124 Å². The molecule has 0 amide bonds. The van der Waals surface area contributed by atoms with Gasteiger partial charge in [-0.3, -0.25) is 0 Å². The Balaban J connectivity index is 2.89. The van der Waals surface area contributed by atoms with Gasteiger partial charge in [0.2, 0.25) is 0 Å². The average Bonchev–Trinajstić information content (AvgIpc) is 2.92. The molecule has 0 aromatic carbocycles. The second-order valence-corrected chi connectivity index (χ2v) is 6.69. The van der Waals surface area contributed by atoms with E-state index in [4.69, 9.17) is 0 Å². The molecule has 0 saturated carbocycles. The van der Waals surface area contributed by atoms with Crippen LogP contribution >= 0.6 is 0 Å². The van der Waals surface area contributed by atoms with Gasteiger partial charge in [0.1, 0.15) is 5.54 Å². The van der Waals surface area contributed by atoms with E-state index in [1.165, 1.54) is 24.1 Å². The fraction of sp³-hybridized carbons (Fsp3) is 0.765. The Hall–Kier alpha value is -1.12.